The fraction of sp³-hybridized carbons (Fsp3) is 0.667. The van der Waals surface area contributed by atoms with Crippen LogP contribution in [0.2, 0.25) is 5.15 Å². The van der Waals surface area contributed by atoms with Gasteiger partial charge in [-0.3, -0.25) is 0 Å². The molecule has 2 unspecified atom stereocenters. The van der Waals surface area contributed by atoms with Crippen LogP contribution in [0.4, 0.5) is 5.82 Å². The summed E-state index contributed by atoms with van der Waals surface area (Å²) in [7, 11) is 0. The normalized spacial score (nSPS) is 24.0. The van der Waals surface area contributed by atoms with E-state index in [1.54, 1.807) is 0 Å². The van der Waals surface area contributed by atoms with Crippen molar-refractivity contribution in [3.8, 4) is 0 Å². The zero-order chi connectivity index (χ0) is 12.4. The van der Waals surface area contributed by atoms with Gasteiger partial charge in [-0.1, -0.05) is 18.0 Å². The van der Waals surface area contributed by atoms with Gasteiger partial charge in [0.05, 0.1) is 6.10 Å². The zero-order valence-electron chi connectivity index (χ0n) is 10.2. The minimum Gasteiger partial charge on any atom is -0.393 e. The molecule has 1 fully saturated rings. The second-order valence-corrected chi connectivity index (χ2v) is 5.09. The minimum absolute atomic E-state index is 0.177. The lowest BCUT2D eigenvalue weighted by atomic mass is 10.1. The number of hydrogen-bond acceptors (Lipinski definition) is 4. The van der Waals surface area contributed by atoms with E-state index in [0.29, 0.717) is 11.1 Å². The Morgan fingerprint density at radius 3 is 2.71 bits per heavy atom. The average molecular weight is 256 g/mol. The summed E-state index contributed by atoms with van der Waals surface area (Å²) < 4.78 is 0. The number of hydrogen-bond donors (Lipinski definition) is 2. The van der Waals surface area contributed by atoms with Gasteiger partial charge >= 0.3 is 0 Å². The molecule has 1 aliphatic rings. The molecule has 2 rings (SSSR count). The average Bonchev–Trinajstić information content (AvgIpc) is 2.71. The van der Waals surface area contributed by atoms with Gasteiger partial charge in [0.15, 0.2) is 11.0 Å². The molecular formula is C12H18ClN3O. The van der Waals surface area contributed by atoms with E-state index in [0.717, 1.165) is 42.8 Å². The summed E-state index contributed by atoms with van der Waals surface area (Å²) in [6.45, 7) is 4.66. The standard InChI is InChI=1S/C12H18ClN3O/c1-7-8(2)12(16-15-11(7)13)14-6-9-4-3-5-10(9)17/h9-10,17H,3-6H2,1-2H3,(H,14,16). The van der Waals surface area contributed by atoms with E-state index in [9.17, 15) is 5.11 Å². The summed E-state index contributed by atoms with van der Waals surface area (Å²) in [6.07, 6.45) is 2.92. The van der Waals surface area contributed by atoms with Crippen LogP contribution in [0.25, 0.3) is 0 Å². The van der Waals surface area contributed by atoms with Crippen LogP contribution in [-0.2, 0) is 0 Å². The Hall–Kier alpha value is -0.870. The van der Waals surface area contributed by atoms with E-state index < -0.39 is 0 Å². The highest BCUT2D eigenvalue weighted by Crippen LogP contribution is 2.26. The van der Waals surface area contributed by atoms with Crippen molar-refractivity contribution in [3.63, 3.8) is 0 Å². The molecular weight excluding hydrogens is 238 g/mol. The second-order valence-electron chi connectivity index (χ2n) is 4.73. The first-order valence-corrected chi connectivity index (χ1v) is 6.38. The fourth-order valence-electron chi connectivity index (χ4n) is 2.23. The van der Waals surface area contributed by atoms with Crippen LogP contribution in [0, 0.1) is 19.8 Å². The van der Waals surface area contributed by atoms with Crippen LogP contribution in [0.5, 0.6) is 0 Å². The molecule has 0 aliphatic heterocycles. The summed E-state index contributed by atoms with van der Waals surface area (Å²) in [5.74, 6) is 1.10. The Labute approximate surface area is 106 Å². The van der Waals surface area contributed by atoms with Gasteiger partial charge in [-0.25, -0.2) is 0 Å². The molecule has 2 atom stereocenters. The molecule has 1 aromatic rings. The Kier molecular flexibility index (Phi) is 3.84. The molecule has 0 aromatic carbocycles. The number of nitrogens with one attached hydrogen (secondary N) is 1. The van der Waals surface area contributed by atoms with Crippen LogP contribution < -0.4 is 5.32 Å². The van der Waals surface area contributed by atoms with E-state index in [1.807, 2.05) is 13.8 Å². The van der Waals surface area contributed by atoms with Crippen LogP contribution in [0.3, 0.4) is 0 Å². The smallest absolute Gasteiger partial charge is 0.155 e. The topological polar surface area (TPSA) is 58.0 Å². The van der Waals surface area contributed by atoms with Crippen molar-refractivity contribution in [2.45, 2.75) is 39.2 Å². The number of aliphatic hydroxyl groups is 1. The zero-order valence-corrected chi connectivity index (χ0v) is 11.0. The Bertz CT molecular complexity index is 411. The summed E-state index contributed by atoms with van der Waals surface area (Å²) in [6, 6.07) is 0. The van der Waals surface area contributed by atoms with Gasteiger partial charge in [0.25, 0.3) is 0 Å². The van der Waals surface area contributed by atoms with Crippen molar-refractivity contribution in [2.24, 2.45) is 5.92 Å². The molecule has 1 heterocycles. The summed E-state index contributed by atoms with van der Waals surface area (Å²) in [5, 5.41) is 21.4. The second kappa shape index (κ2) is 5.19. The third kappa shape index (κ3) is 2.69. The molecule has 0 saturated heterocycles. The summed E-state index contributed by atoms with van der Waals surface area (Å²) in [4.78, 5) is 0. The molecule has 1 aromatic heterocycles. The van der Waals surface area contributed by atoms with Crippen molar-refractivity contribution in [1.29, 1.82) is 0 Å². The number of rotatable bonds is 3. The maximum atomic E-state index is 9.74. The minimum atomic E-state index is -0.177. The highest BCUT2D eigenvalue weighted by atomic mass is 35.5. The summed E-state index contributed by atoms with van der Waals surface area (Å²) >= 11 is 5.89. The van der Waals surface area contributed by atoms with Crippen molar-refractivity contribution in [3.05, 3.63) is 16.3 Å². The van der Waals surface area contributed by atoms with E-state index >= 15 is 0 Å². The SMILES string of the molecule is Cc1c(Cl)nnc(NCC2CCCC2O)c1C. The maximum Gasteiger partial charge on any atom is 0.155 e. The molecule has 4 nitrogen and oxygen atoms in total. The first kappa shape index (κ1) is 12.6. The van der Waals surface area contributed by atoms with Crippen molar-refractivity contribution < 1.29 is 5.11 Å². The predicted molar refractivity (Wildman–Crippen MR) is 68.4 cm³/mol. The first-order chi connectivity index (χ1) is 8.09. The largest absolute Gasteiger partial charge is 0.393 e. The van der Waals surface area contributed by atoms with Crippen molar-refractivity contribution >= 4 is 17.4 Å². The van der Waals surface area contributed by atoms with Gasteiger partial charge in [-0.2, -0.15) is 0 Å². The lowest BCUT2D eigenvalue weighted by Crippen LogP contribution is -2.22. The molecule has 0 amide bonds. The third-order valence-electron chi connectivity index (χ3n) is 3.62. The Morgan fingerprint density at radius 2 is 2.06 bits per heavy atom. The molecule has 1 aliphatic carbocycles. The van der Waals surface area contributed by atoms with Gasteiger partial charge in [-0.15, -0.1) is 10.2 Å². The lowest BCUT2D eigenvalue weighted by molar-refractivity contribution is 0.138. The molecule has 0 spiro atoms. The molecule has 1 saturated carbocycles. The number of halogens is 1. The fourth-order valence-corrected chi connectivity index (χ4v) is 2.41. The highest BCUT2D eigenvalue weighted by Gasteiger charge is 2.25. The number of anilines is 1. The molecule has 94 valence electrons. The Balaban J connectivity index is 2.02. The third-order valence-corrected chi connectivity index (χ3v) is 3.97. The van der Waals surface area contributed by atoms with Crippen LogP contribution in [0.1, 0.15) is 30.4 Å². The number of aliphatic hydroxyl groups excluding tert-OH is 1. The lowest BCUT2D eigenvalue weighted by Gasteiger charge is -2.16. The molecule has 17 heavy (non-hydrogen) atoms. The monoisotopic (exact) mass is 255 g/mol. The quantitative estimate of drug-likeness (QED) is 0.870. The van der Waals surface area contributed by atoms with Crippen molar-refractivity contribution in [2.75, 3.05) is 11.9 Å². The van der Waals surface area contributed by atoms with Crippen LogP contribution in [-0.4, -0.2) is 28.0 Å². The number of aromatic nitrogens is 2. The van der Waals surface area contributed by atoms with Gasteiger partial charge < -0.3 is 10.4 Å². The van der Waals surface area contributed by atoms with E-state index in [-0.39, 0.29) is 6.10 Å². The Morgan fingerprint density at radius 1 is 1.29 bits per heavy atom. The first-order valence-electron chi connectivity index (χ1n) is 6.01. The van der Waals surface area contributed by atoms with Crippen LogP contribution in [0.15, 0.2) is 0 Å². The summed E-state index contributed by atoms with van der Waals surface area (Å²) in [5.41, 5.74) is 1.98. The van der Waals surface area contributed by atoms with Gasteiger partial charge in [0, 0.05) is 12.5 Å². The van der Waals surface area contributed by atoms with Gasteiger partial charge in [0.2, 0.25) is 0 Å². The van der Waals surface area contributed by atoms with Crippen molar-refractivity contribution in [1.82, 2.24) is 10.2 Å². The van der Waals surface area contributed by atoms with Crippen LogP contribution >= 0.6 is 11.6 Å². The molecule has 2 N–H and O–H groups in total. The van der Waals surface area contributed by atoms with E-state index in [1.165, 1.54) is 0 Å². The van der Waals surface area contributed by atoms with Gasteiger partial charge in [0.1, 0.15) is 0 Å². The number of nitrogens with zero attached hydrogens (tertiary/aromatic N) is 2. The molecule has 0 bridgehead atoms. The molecule has 0 radical (unpaired) electrons. The maximum absolute atomic E-state index is 9.74. The highest BCUT2D eigenvalue weighted by molar-refractivity contribution is 6.30. The predicted octanol–water partition coefficient (Wildman–Crippen LogP) is 2.32. The van der Waals surface area contributed by atoms with E-state index in [2.05, 4.69) is 15.5 Å². The molecule has 5 heteroatoms. The van der Waals surface area contributed by atoms with Gasteiger partial charge in [-0.05, 0) is 37.8 Å². The van der Waals surface area contributed by atoms with E-state index in [4.69, 9.17) is 11.6 Å².